The van der Waals surface area contributed by atoms with Crippen LogP contribution in [0.3, 0.4) is 0 Å². The van der Waals surface area contributed by atoms with Gasteiger partial charge in [0.2, 0.25) is 17.8 Å². The first kappa shape index (κ1) is 19.2. The Hall–Kier alpha value is -3.14. The summed E-state index contributed by atoms with van der Waals surface area (Å²) < 4.78 is 12.9. The van der Waals surface area contributed by atoms with E-state index >= 15 is 0 Å². The zero-order valence-corrected chi connectivity index (χ0v) is 16.4. The molecule has 29 heavy (non-hydrogen) atoms. The van der Waals surface area contributed by atoms with Crippen molar-refractivity contribution in [1.29, 1.82) is 0 Å². The first-order valence-corrected chi connectivity index (χ1v) is 9.44. The van der Waals surface area contributed by atoms with Crippen molar-refractivity contribution in [2.24, 2.45) is 11.7 Å². The summed E-state index contributed by atoms with van der Waals surface area (Å²) in [7, 11) is 1.57. The van der Waals surface area contributed by atoms with Gasteiger partial charge < -0.3 is 25.4 Å². The monoisotopic (exact) mass is 400 g/mol. The van der Waals surface area contributed by atoms with Crippen molar-refractivity contribution in [3.63, 3.8) is 0 Å². The molecule has 10 nitrogen and oxygen atoms in total. The van der Waals surface area contributed by atoms with Crippen LogP contribution < -0.4 is 15.8 Å². The molecule has 10 heteroatoms. The van der Waals surface area contributed by atoms with Crippen LogP contribution in [-0.4, -0.2) is 57.4 Å². The van der Waals surface area contributed by atoms with Gasteiger partial charge in [0.25, 0.3) is 0 Å². The molecular formula is C19H24N6O4. The lowest BCUT2D eigenvalue weighted by atomic mass is 9.73. The summed E-state index contributed by atoms with van der Waals surface area (Å²) in [5, 5.41) is 7.21. The molecule has 1 aromatic heterocycles. The van der Waals surface area contributed by atoms with Crippen molar-refractivity contribution >= 4 is 17.8 Å². The third kappa shape index (κ3) is 3.29. The summed E-state index contributed by atoms with van der Waals surface area (Å²) in [6.07, 6.45) is 1.92. The molecular weight excluding hydrogens is 376 g/mol. The van der Waals surface area contributed by atoms with E-state index in [0.29, 0.717) is 31.2 Å². The second-order valence-electron chi connectivity index (χ2n) is 7.42. The van der Waals surface area contributed by atoms with Crippen LogP contribution >= 0.6 is 0 Å². The van der Waals surface area contributed by atoms with E-state index in [1.54, 1.807) is 16.7 Å². The molecule has 2 bridgehead atoms. The van der Waals surface area contributed by atoms with Crippen LogP contribution in [0.5, 0.6) is 5.75 Å². The predicted molar refractivity (Wildman–Crippen MR) is 103 cm³/mol. The van der Waals surface area contributed by atoms with Crippen molar-refractivity contribution in [1.82, 2.24) is 19.7 Å². The number of nitrogens with one attached hydrogen (secondary N) is 1. The Morgan fingerprint density at radius 2 is 2.24 bits per heavy atom. The largest absolute Gasteiger partial charge is 0.468 e. The van der Waals surface area contributed by atoms with Crippen LogP contribution in [-0.2, 0) is 21.1 Å². The number of aromatic nitrogens is 3. The van der Waals surface area contributed by atoms with E-state index in [1.165, 1.54) is 6.33 Å². The van der Waals surface area contributed by atoms with Crippen LogP contribution in [0.2, 0.25) is 0 Å². The minimum atomic E-state index is -0.912. The maximum Gasteiger partial charge on any atom is 0.238 e. The number of likely N-dealkylation sites (tertiary alicyclic amines) is 1. The van der Waals surface area contributed by atoms with Gasteiger partial charge in [-0.1, -0.05) is 18.2 Å². The molecule has 2 aromatic rings. The molecule has 0 unspecified atom stereocenters. The number of ether oxygens (including phenoxy) is 2. The molecule has 2 amide bonds. The number of para-hydroxylation sites is 1. The number of hydrogen-bond donors (Lipinski definition) is 2. The first-order valence-electron chi connectivity index (χ1n) is 9.44. The zero-order valence-electron chi connectivity index (χ0n) is 16.4. The lowest BCUT2D eigenvalue weighted by Crippen LogP contribution is -2.65. The molecule has 3 heterocycles. The lowest BCUT2D eigenvalue weighted by Gasteiger charge is -2.52. The summed E-state index contributed by atoms with van der Waals surface area (Å²) in [4.78, 5) is 31.1. The molecule has 0 spiro atoms. The lowest BCUT2D eigenvalue weighted by molar-refractivity contribution is -0.174. The average molecular weight is 400 g/mol. The third-order valence-electron chi connectivity index (χ3n) is 5.54. The van der Waals surface area contributed by atoms with Gasteiger partial charge in [0.05, 0.1) is 0 Å². The highest BCUT2D eigenvalue weighted by molar-refractivity contribution is 6.01. The number of primary amides is 1. The Labute approximate surface area is 168 Å². The Kier molecular flexibility index (Phi) is 4.87. The zero-order chi connectivity index (χ0) is 20.6. The molecule has 1 saturated heterocycles. The number of methoxy groups -OCH3 is 1. The molecule has 3 atom stereocenters. The quantitative estimate of drug-likeness (QED) is 0.649. The van der Waals surface area contributed by atoms with Gasteiger partial charge in [-0.05, 0) is 18.6 Å². The standard InChI is InChI=1S/C19H24N6O4/c1-19-9-13(12-5-3-4-6-14(12)29-19)15(16(20)26)17(27)24(19)8-7-21-18-22-10-23-25(18)11-28-2/h3-6,10,13,15H,7-9,11H2,1-2H3,(H2,20,26)(H,21,22,23)/t13-,15+,19+/m0/s1. The number of rotatable bonds is 7. The summed E-state index contributed by atoms with van der Waals surface area (Å²) in [5.74, 6) is -0.916. The SMILES string of the molecule is COCn1ncnc1NCCN1C(=O)[C@@H](C(N)=O)[C@H]2C[C@@]1(C)Oc1ccccc12. The Balaban J connectivity index is 1.56. The number of nitrogens with zero attached hydrogens (tertiary/aromatic N) is 4. The van der Waals surface area contributed by atoms with Crippen molar-refractivity contribution in [3.05, 3.63) is 36.2 Å². The maximum absolute atomic E-state index is 13.2. The number of anilines is 1. The van der Waals surface area contributed by atoms with Gasteiger partial charge >= 0.3 is 0 Å². The number of carbonyl (C=O) groups is 2. The van der Waals surface area contributed by atoms with Gasteiger partial charge in [-0.15, -0.1) is 0 Å². The Morgan fingerprint density at radius 3 is 3.00 bits per heavy atom. The number of piperidine rings is 1. The van der Waals surface area contributed by atoms with Crippen LogP contribution in [0.25, 0.3) is 0 Å². The number of amides is 2. The van der Waals surface area contributed by atoms with Gasteiger partial charge in [-0.25, -0.2) is 4.68 Å². The van der Waals surface area contributed by atoms with Crippen LogP contribution in [0, 0.1) is 5.92 Å². The number of hydrogen-bond acceptors (Lipinski definition) is 7. The molecule has 0 radical (unpaired) electrons. The van der Waals surface area contributed by atoms with Gasteiger partial charge in [0.15, 0.2) is 5.72 Å². The van der Waals surface area contributed by atoms with Crippen molar-refractivity contribution in [2.45, 2.75) is 31.7 Å². The Bertz CT molecular complexity index is 931. The third-order valence-corrected chi connectivity index (χ3v) is 5.54. The highest BCUT2D eigenvalue weighted by Crippen LogP contribution is 2.49. The molecule has 0 saturated carbocycles. The summed E-state index contributed by atoms with van der Waals surface area (Å²) >= 11 is 0. The summed E-state index contributed by atoms with van der Waals surface area (Å²) in [6, 6.07) is 7.50. The number of nitrogens with two attached hydrogens (primary N) is 1. The van der Waals surface area contributed by atoms with E-state index in [4.69, 9.17) is 15.2 Å². The fourth-order valence-corrected chi connectivity index (χ4v) is 4.28. The van der Waals surface area contributed by atoms with E-state index in [0.717, 1.165) is 5.56 Å². The van der Waals surface area contributed by atoms with E-state index < -0.39 is 17.6 Å². The summed E-state index contributed by atoms with van der Waals surface area (Å²) in [5.41, 5.74) is 5.63. The van der Waals surface area contributed by atoms with Crippen LogP contribution in [0.15, 0.2) is 30.6 Å². The second kappa shape index (κ2) is 7.36. The fraction of sp³-hybridized carbons (Fsp3) is 0.474. The highest BCUT2D eigenvalue weighted by atomic mass is 16.5. The van der Waals surface area contributed by atoms with E-state index in [2.05, 4.69) is 15.4 Å². The van der Waals surface area contributed by atoms with Crippen molar-refractivity contribution < 1.29 is 19.1 Å². The van der Waals surface area contributed by atoms with Crippen molar-refractivity contribution in [2.75, 3.05) is 25.5 Å². The number of benzene rings is 1. The molecule has 0 aliphatic carbocycles. The molecule has 154 valence electrons. The van der Waals surface area contributed by atoms with E-state index in [1.807, 2.05) is 31.2 Å². The topological polar surface area (TPSA) is 125 Å². The minimum Gasteiger partial charge on any atom is -0.468 e. The van der Waals surface area contributed by atoms with Crippen molar-refractivity contribution in [3.8, 4) is 5.75 Å². The number of carbonyl (C=O) groups excluding carboxylic acids is 2. The molecule has 2 aliphatic rings. The molecule has 3 N–H and O–H groups in total. The predicted octanol–water partition coefficient (Wildman–Crippen LogP) is 0.520. The average Bonchev–Trinajstić information content (AvgIpc) is 3.11. The summed E-state index contributed by atoms with van der Waals surface area (Å²) in [6.45, 7) is 2.84. The first-order chi connectivity index (χ1) is 13.9. The highest BCUT2D eigenvalue weighted by Gasteiger charge is 2.55. The smallest absolute Gasteiger partial charge is 0.238 e. The van der Waals surface area contributed by atoms with Gasteiger partial charge in [0.1, 0.15) is 24.7 Å². The van der Waals surface area contributed by atoms with E-state index in [9.17, 15) is 9.59 Å². The fourth-order valence-electron chi connectivity index (χ4n) is 4.28. The molecule has 1 aromatic carbocycles. The molecule has 2 aliphatic heterocycles. The Morgan fingerprint density at radius 1 is 1.45 bits per heavy atom. The van der Waals surface area contributed by atoms with Gasteiger partial charge in [0, 0.05) is 32.5 Å². The van der Waals surface area contributed by atoms with Crippen LogP contribution in [0.1, 0.15) is 24.8 Å². The second-order valence-corrected chi connectivity index (χ2v) is 7.42. The minimum absolute atomic E-state index is 0.258. The van der Waals surface area contributed by atoms with Gasteiger partial charge in [-0.3, -0.25) is 9.59 Å². The molecule has 4 rings (SSSR count). The number of fused-ring (bicyclic) bond motifs is 4. The molecule has 1 fully saturated rings. The van der Waals surface area contributed by atoms with Gasteiger partial charge in [-0.2, -0.15) is 10.1 Å². The van der Waals surface area contributed by atoms with E-state index in [-0.39, 0.29) is 18.6 Å². The maximum atomic E-state index is 13.2. The van der Waals surface area contributed by atoms with Crippen LogP contribution in [0.4, 0.5) is 5.95 Å². The normalized spacial score (nSPS) is 25.3.